The highest BCUT2D eigenvalue weighted by molar-refractivity contribution is 5.84. The molecule has 0 aliphatic carbocycles. The third-order valence-electron chi connectivity index (χ3n) is 2.02. The zero-order chi connectivity index (χ0) is 11.7. The van der Waals surface area contributed by atoms with Gasteiger partial charge in [-0.25, -0.2) is 14.7 Å². The lowest BCUT2D eigenvalue weighted by molar-refractivity contribution is 0.0689. The molecule has 0 aliphatic heterocycles. The van der Waals surface area contributed by atoms with E-state index < -0.39 is 17.2 Å². The van der Waals surface area contributed by atoms with E-state index in [1.54, 1.807) is 24.3 Å². The minimum atomic E-state index is -1.37. The third kappa shape index (κ3) is 1.54. The monoisotopic (exact) mass is 220 g/mol. The number of aromatic carboxylic acids is 1. The zero-order valence-electron chi connectivity index (χ0n) is 8.04. The molecule has 0 amide bonds. The fourth-order valence-electron chi connectivity index (χ4n) is 1.24. The summed E-state index contributed by atoms with van der Waals surface area (Å²) < 4.78 is 1.03. The number of nitrogens with two attached hydrogens (primary N) is 1. The maximum absolute atomic E-state index is 11.6. The van der Waals surface area contributed by atoms with Gasteiger partial charge in [-0.2, -0.15) is 0 Å². The molecular weight excluding hydrogens is 212 g/mol. The zero-order valence-corrected chi connectivity index (χ0v) is 8.04. The van der Waals surface area contributed by atoms with Crippen LogP contribution in [0.3, 0.4) is 0 Å². The van der Waals surface area contributed by atoms with Crippen LogP contribution in [0.1, 0.15) is 10.5 Å². The van der Waals surface area contributed by atoms with Crippen LogP contribution in [-0.2, 0) is 0 Å². The first-order chi connectivity index (χ1) is 7.59. The smallest absolute Gasteiger partial charge is 0.362 e. The number of nitrogen functional groups attached to an aromatic ring is 1. The quantitative estimate of drug-likeness (QED) is 0.608. The van der Waals surface area contributed by atoms with E-state index in [1.165, 1.54) is 0 Å². The largest absolute Gasteiger partial charge is 0.476 e. The van der Waals surface area contributed by atoms with Gasteiger partial charge >= 0.3 is 11.5 Å². The van der Waals surface area contributed by atoms with Crippen LogP contribution in [-0.4, -0.2) is 26.1 Å². The first-order valence-corrected chi connectivity index (χ1v) is 4.36. The van der Waals surface area contributed by atoms with Crippen molar-refractivity contribution in [1.82, 2.24) is 15.0 Å². The topological polar surface area (TPSA) is 114 Å². The molecular formula is C9H8N4O3. The molecule has 1 aromatic heterocycles. The molecule has 2 aromatic rings. The number of aromatic amines is 1. The summed E-state index contributed by atoms with van der Waals surface area (Å²) in [5.74, 6) is -1.37. The fourth-order valence-corrected chi connectivity index (χ4v) is 1.24. The van der Waals surface area contributed by atoms with Crippen LogP contribution >= 0.6 is 0 Å². The van der Waals surface area contributed by atoms with Gasteiger partial charge in [0.25, 0.3) is 0 Å². The van der Waals surface area contributed by atoms with Crippen molar-refractivity contribution in [2.45, 2.75) is 0 Å². The fraction of sp³-hybridized carbons (Fsp3) is 0. The Morgan fingerprint density at radius 3 is 2.50 bits per heavy atom. The van der Waals surface area contributed by atoms with Crippen LogP contribution in [0.15, 0.2) is 29.1 Å². The molecule has 7 heteroatoms. The van der Waals surface area contributed by atoms with Gasteiger partial charge in [0.1, 0.15) is 0 Å². The Labute approximate surface area is 89.1 Å². The number of carboxylic acid groups (broad SMARTS) is 1. The summed E-state index contributed by atoms with van der Waals surface area (Å²) in [5, 5.41) is 14.4. The number of benzene rings is 1. The summed E-state index contributed by atoms with van der Waals surface area (Å²) >= 11 is 0. The number of hydrogen-bond acceptors (Lipinski definition) is 4. The van der Waals surface area contributed by atoms with Crippen molar-refractivity contribution in [2.75, 3.05) is 5.73 Å². The van der Waals surface area contributed by atoms with Crippen LogP contribution in [0, 0.1) is 0 Å². The summed E-state index contributed by atoms with van der Waals surface area (Å²) in [4.78, 5) is 22.2. The first-order valence-electron chi connectivity index (χ1n) is 4.36. The standard InChI is InChI=1S/C9H8N4O3/c10-5-1-3-6(4-2-5)13-8(14)7(9(15)16)11-12-13/h1-4,12H,10H2,(H,15,16). The number of carbonyl (C=O) groups is 1. The highest BCUT2D eigenvalue weighted by Gasteiger charge is 2.15. The first kappa shape index (κ1) is 9.97. The van der Waals surface area contributed by atoms with Crippen LogP contribution < -0.4 is 11.3 Å². The normalized spacial score (nSPS) is 10.2. The average Bonchev–Trinajstić information content (AvgIpc) is 2.61. The number of rotatable bonds is 2. The molecule has 0 unspecified atom stereocenters. The molecule has 82 valence electrons. The van der Waals surface area contributed by atoms with E-state index in [9.17, 15) is 9.59 Å². The number of hydrogen-bond donors (Lipinski definition) is 3. The second-order valence-electron chi connectivity index (χ2n) is 3.10. The van der Waals surface area contributed by atoms with Crippen molar-refractivity contribution in [1.29, 1.82) is 0 Å². The summed E-state index contributed by atoms with van der Waals surface area (Å²) in [5.41, 5.74) is 5.26. The van der Waals surface area contributed by atoms with Crippen LogP contribution in [0.5, 0.6) is 0 Å². The lowest BCUT2D eigenvalue weighted by Crippen LogP contribution is -2.20. The molecule has 1 heterocycles. The molecule has 0 radical (unpaired) electrons. The van der Waals surface area contributed by atoms with Gasteiger partial charge in [0.15, 0.2) is 0 Å². The molecule has 0 fully saturated rings. The minimum Gasteiger partial charge on any atom is -0.476 e. The number of aromatic nitrogens is 3. The molecule has 0 spiro atoms. The maximum Gasteiger partial charge on any atom is 0.362 e. The number of H-pyrrole nitrogens is 1. The molecule has 0 saturated carbocycles. The van der Waals surface area contributed by atoms with Crippen molar-refractivity contribution in [3.63, 3.8) is 0 Å². The van der Waals surface area contributed by atoms with Crippen molar-refractivity contribution in [3.8, 4) is 5.69 Å². The van der Waals surface area contributed by atoms with Gasteiger partial charge in [0.2, 0.25) is 5.69 Å². The Balaban J connectivity index is 2.53. The second-order valence-corrected chi connectivity index (χ2v) is 3.10. The minimum absolute atomic E-state index is 0.471. The SMILES string of the molecule is Nc1ccc(-n2[nH]nc(C(=O)O)c2=O)cc1. The summed E-state index contributed by atoms with van der Waals surface area (Å²) in [7, 11) is 0. The van der Waals surface area contributed by atoms with E-state index in [4.69, 9.17) is 10.8 Å². The Morgan fingerprint density at radius 1 is 1.38 bits per heavy atom. The number of nitrogens with zero attached hydrogens (tertiary/aromatic N) is 2. The van der Waals surface area contributed by atoms with Crippen LogP contribution in [0.25, 0.3) is 5.69 Å². The molecule has 16 heavy (non-hydrogen) atoms. The van der Waals surface area contributed by atoms with E-state index in [1.807, 2.05) is 0 Å². The molecule has 0 bridgehead atoms. The number of nitrogens with one attached hydrogen (secondary N) is 1. The Bertz CT molecular complexity index is 582. The average molecular weight is 220 g/mol. The second kappa shape index (κ2) is 3.54. The third-order valence-corrected chi connectivity index (χ3v) is 2.02. The van der Waals surface area contributed by atoms with Crippen LogP contribution in [0.4, 0.5) is 5.69 Å². The van der Waals surface area contributed by atoms with Gasteiger partial charge in [-0.05, 0) is 24.3 Å². The van der Waals surface area contributed by atoms with Gasteiger partial charge < -0.3 is 10.8 Å². The van der Waals surface area contributed by atoms with Crippen molar-refractivity contribution in [2.24, 2.45) is 0 Å². The Kier molecular flexibility index (Phi) is 2.20. The molecule has 1 aromatic carbocycles. The number of carboxylic acids is 1. The lowest BCUT2D eigenvalue weighted by Gasteiger charge is -1.99. The van der Waals surface area contributed by atoms with E-state index in [-0.39, 0.29) is 0 Å². The highest BCUT2D eigenvalue weighted by atomic mass is 16.4. The van der Waals surface area contributed by atoms with E-state index >= 15 is 0 Å². The summed E-state index contributed by atoms with van der Waals surface area (Å²) in [6.07, 6.45) is 0. The van der Waals surface area contributed by atoms with Crippen LogP contribution in [0.2, 0.25) is 0 Å². The lowest BCUT2D eigenvalue weighted by atomic mass is 10.3. The van der Waals surface area contributed by atoms with Gasteiger partial charge in [-0.3, -0.25) is 4.79 Å². The van der Waals surface area contributed by atoms with Gasteiger partial charge in [-0.15, -0.1) is 5.10 Å². The molecule has 7 nitrogen and oxygen atoms in total. The van der Waals surface area contributed by atoms with E-state index in [0.717, 1.165) is 4.68 Å². The predicted molar refractivity (Wildman–Crippen MR) is 55.6 cm³/mol. The van der Waals surface area contributed by atoms with E-state index in [0.29, 0.717) is 11.4 Å². The van der Waals surface area contributed by atoms with Gasteiger partial charge in [0, 0.05) is 5.69 Å². The van der Waals surface area contributed by atoms with E-state index in [2.05, 4.69) is 10.3 Å². The predicted octanol–water partition coefficient (Wildman–Crippen LogP) is -0.159. The van der Waals surface area contributed by atoms with Crippen molar-refractivity contribution in [3.05, 3.63) is 40.3 Å². The summed E-state index contributed by atoms with van der Waals surface area (Å²) in [6, 6.07) is 6.37. The molecule has 0 aliphatic rings. The Hall–Kier alpha value is -2.57. The Morgan fingerprint density at radius 2 is 2.00 bits per heavy atom. The molecule has 2 rings (SSSR count). The molecule has 4 N–H and O–H groups in total. The van der Waals surface area contributed by atoms with Gasteiger partial charge in [0.05, 0.1) is 5.69 Å². The van der Waals surface area contributed by atoms with Gasteiger partial charge in [-0.1, -0.05) is 0 Å². The maximum atomic E-state index is 11.6. The molecule has 0 atom stereocenters. The summed E-state index contributed by atoms with van der Waals surface area (Å²) in [6.45, 7) is 0. The molecule has 0 saturated heterocycles. The van der Waals surface area contributed by atoms with Crippen molar-refractivity contribution < 1.29 is 9.90 Å². The number of anilines is 1. The van der Waals surface area contributed by atoms with Crippen molar-refractivity contribution >= 4 is 11.7 Å². The highest BCUT2D eigenvalue weighted by Crippen LogP contribution is 2.07.